The number of thiophene rings is 1. The molecule has 2 aromatic heterocycles. The number of carbonyl (C=O) groups excluding carboxylic acids is 1. The third-order valence-electron chi connectivity index (χ3n) is 6.95. The summed E-state index contributed by atoms with van der Waals surface area (Å²) in [5.74, 6) is -4.04. The molecule has 11 heteroatoms. The molecule has 0 aromatic carbocycles. The largest absolute Gasteiger partial charge is 0.461 e. The highest BCUT2D eigenvalue weighted by Crippen LogP contribution is 2.52. The summed E-state index contributed by atoms with van der Waals surface area (Å²) in [4.78, 5) is 15.3. The Morgan fingerprint density at radius 2 is 2.08 bits per heavy atom. The van der Waals surface area contributed by atoms with Gasteiger partial charge in [-0.25, -0.2) is 13.9 Å². The second-order valence-corrected chi connectivity index (χ2v) is 11.0. The maximum absolute atomic E-state index is 14.8. The quantitative estimate of drug-likeness (QED) is 0.399. The Balaban J connectivity index is 1.37. The molecule has 6 nitrogen and oxygen atoms in total. The summed E-state index contributed by atoms with van der Waals surface area (Å²) in [5.41, 5.74) is 0.295. The van der Waals surface area contributed by atoms with Gasteiger partial charge in [0.1, 0.15) is 18.0 Å². The van der Waals surface area contributed by atoms with Gasteiger partial charge in [0.05, 0.1) is 16.6 Å². The van der Waals surface area contributed by atoms with Crippen molar-refractivity contribution in [2.45, 2.75) is 50.7 Å². The van der Waals surface area contributed by atoms with E-state index in [1.165, 1.54) is 16.8 Å². The molecular formula is C26H27ClF3N3O3S. The number of carbonyl (C=O) groups is 1. The fraction of sp³-hybridized carbons (Fsp3) is 0.462. The number of hydrogen-bond donors (Lipinski definition) is 0. The van der Waals surface area contributed by atoms with Gasteiger partial charge in [0.15, 0.2) is 5.69 Å². The van der Waals surface area contributed by atoms with Crippen molar-refractivity contribution in [1.29, 1.82) is 0 Å². The number of aromatic nitrogens is 2. The first kappa shape index (κ1) is 26.2. The number of hydrogen-bond acceptors (Lipinski definition) is 6. The number of halogens is 4. The van der Waals surface area contributed by atoms with Crippen LogP contribution < -0.4 is 0 Å². The van der Waals surface area contributed by atoms with Gasteiger partial charge in [0.2, 0.25) is 0 Å². The first-order chi connectivity index (χ1) is 17.7. The van der Waals surface area contributed by atoms with Crippen LogP contribution in [0.25, 0.3) is 5.70 Å². The minimum atomic E-state index is -3.06. The molecule has 0 unspecified atom stereocenters. The number of esters is 1. The van der Waals surface area contributed by atoms with E-state index in [1.54, 1.807) is 25.3 Å². The zero-order valence-corrected chi connectivity index (χ0v) is 21.9. The molecule has 0 N–H and O–H groups in total. The topological polar surface area (TPSA) is 56.6 Å². The summed E-state index contributed by atoms with van der Waals surface area (Å²) >= 11 is 7.27. The van der Waals surface area contributed by atoms with Crippen molar-refractivity contribution in [1.82, 2.24) is 14.7 Å². The van der Waals surface area contributed by atoms with Crippen molar-refractivity contribution in [3.05, 3.63) is 68.4 Å². The van der Waals surface area contributed by atoms with Crippen molar-refractivity contribution in [2.24, 2.45) is 0 Å². The highest BCUT2D eigenvalue weighted by atomic mass is 35.5. The summed E-state index contributed by atoms with van der Waals surface area (Å²) in [6.07, 6.45) is 10.5. The van der Waals surface area contributed by atoms with Gasteiger partial charge in [-0.3, -0.25) is 4.90 Å². The molecule has 0 amide bonds. The van der Waals surface area contributed by atoms with Gasteiger partial charge in [0.25, 0.3) is 5.92 Å². The van der Waals surface area contributed by atoms with Crippen LogP contribution in [0.1, 0.15) is 59.1 Å². The maximum atomic E-state index is 14.8. The first-order valence-corrected chi connectivity index (χ1v) is 13.4. The third-order valence-corrected chi connectivity index (χ3v) is 8.40. The Labute approximate surface area is 222 Å². The molecule has 2 aliphatic heterocycles. The third kappa shape index (κ3) is 5.16. The van der Waals surface area contributed by atoms with Gasteiger partial charge in [-0.05, 0) is 44.7 Å². The number of likely N-dealkylation sites (tertiary alicyclic amines) is 1. The van der Waals surface area contributed by atoms with E-state index in [4.69, 9.17) is 21.1 Å². The van der Waals surface area contributed by atoms with E-state index >= 15 is 0 Å². The van der Waals surface area contributed by atoms with Crippen molar-refractivity contribution >= 4 is 34.6 Å². The molecule has 0 atom stereocenters. The lowest BCUT2D eigenvalue weighted by Gasteiger charge is -2.45. The zero-order chi connectivity index (χ0) is 26.2. The monoisotopic (exact) mass is 553 g/mol. The second kappa shape index (κ2) is 10.4. The Hall–Kier alpha value is -2.40. The minimum Gasteiger partial charge on any atom is -0.461 e. The molecule has 1 saturated heterocycles. The summed E-state index contributed by atoms with van der Waals surface area (Å²) in [6.45, 7) is 2.72. The molecule has 4 heterocycles. The molecule has 0 bridgehead atoms. The smallest absolute Gasteiger partial charge is 0.359 e. The lowest BCUT2D eigenvalue weighted by Crippen LogP contribution is -2.48. The van der Waals surface area contributed by atoms with Crippen molar-refractivity contribution in [2.75, 3.05) is 26.3 Å². The molecule has 1 fully saturated rings. The van der Waals surface area contributed by atoms with Crippen molar-refractivity contribution < 1.29 is 27.4 Å². The number of rotatable bonds is 5. The normalized spacial score (nSPS) is 24.8. The van der Waals surface area contributed by atoms with Crippen LogP contribution in [-0.2, 0) is 27.5 Å². The highest BCUT2D eigenvalue weighted by molar-refractivity contribution is 7.16. The number of alkyl halides is 2. The molecule has 5 rings (SSSR count). The van der Waals surface area contributed by atoms with Crippen LogP contribution >= 0.6 is 22.9 Å². The number of nitrogens with zero attached hydrogens (tertiary/aromatic N) is 3. The predicted octanol–water partition coefficient (Wildman–Crippen LogP) is 6.43. The molecule has 37 heavy (non-hydrogen) atoms. The second-order valence-electron chi connectivity index (χ2n) is 9.35. The molecule has 1 spiro atoms. The minimum absolute atomic E-state index is 0.0357. The summed E-state index contributed by atoms with van der Waals surface area (Å²) in [6, 6.07) is 1.35. The molecule has 198 valence electrons. The molecule has 0 radical (unpaired) electrons. The Morgan fingerprint density at radius 1 is 1.30 bits per heavy atom. The Kier molecular flexibility index (Phi) is 7.37. The fourth-order valence-electron chi connectivity index (χ4n) is 5.04. The summed E-state index contributed by atoms with van der Waals surface area (Å²) in [5, 5.41) is 4.41. The van der Waals surface area contributed by atoms with E-state index in [-0.39, 0.29) is 17.9 Å². The van der Waals surface area contributed by atoms with Crippen LogP contribution in [0.4, 0.5) is 13.2 Å². The first-order valence-electron chi connectivity index (χ1n) is 12.2. The highest BCUT2D eigenvalue weighted by Gasteiger charge is 2.51. The van der Waals surface area contributed by atoms with E-state index in [2.05, 4.69) is 10.00 Å². The molecule has 3 aliphatic rings. The van der Waals surface area contributed by atoms with Crippen molar-refractivity contribution in [3.8, 4) is 0 Å². The van der Waals surface area contributed by atoms with E-state index in [1.807, 2.05) is 6.08 Å². The van der Waals surface area contributed by atoms with Crippen LogP contribution in [0, 0.1) is 0 Å². The van der Waals surface area contributed by atoms with Gasteiger partial charge in [-0.1, -0.05) is 29.8 Å². The van der Waals surface area contributed by atoms with Crippen molar-refractivity contribution in [3.63, 3.8) is 0 Å². The SMILES string of the molecule is CCOC(=O)c1nn(/C2=C(F)/C=C\C=C/CC2)cc1CN1CCC2(CC1)OCC(F)(F)c1cc(Cl)sc12. The average Bonchev–Trinajstić information content (AvgIpc) is 3.46. The van der Waals surface area contributed by atoms with Gasteiger partial charge >= 0.3 is 5.97 Å². The zero-order valence-electron chi connectivity index (χ0n) is 20.3. The lowest BCUT2D eigenvalue weighted by atomic mass is 9.84. The molecule has 1 aliphatic carbocycles. The number of piperidine rings is 1. The van der Waals surface area contributed by atoms with Crippen LogP contribution in [0.2, 0.25) is 4.34 Å². The van der Waals surface area contributed by atoms with E-state index < -0.39 is 29.9 Å². The molecule has 0 saturated carbocycles. The number of ether oxygens (including phenoxy) is 2. The Bertz CT molecular complexity index is 1280. The van der Waals surface area contributed by atoms with Gasteiger partial charge < -0.3 is 9.47 Å². The van der Waals surface area contributed by atoms with Crippen LogP contribution in [-0.4, -0.2) is 47.0 Å². The van der Waals surface area contributed by atoms with Gasteiger partial charge in [0, 0.05) is 41.8 Å². The summed E-state index contributed by atoms with van der Waals surface area (Å²) < 4.78 is 56.5. The number of allylic oxidation sites excluding steroid dienone is 6. The molecule has 2 aromatic rings. The summed E-state index contributed by atoms with van der Waals surface area (Å²) in [7, 11) is 0. The van der Waals surface area contributed by atoms with Crippen LogP contribution in [0.5, 0.6) is 0 Å². The molecular weight excluding hydrogens is 527 g/mol. The Morgan fingerprint density at radius 3 is 2.84 bits per heavy atom. The van der Waals surface area contributed by atoms with Crippen LogP contribution in [0.3, 0.4) is 0 Å². The van der Waals surface area contributed by atoms with E-state index in [0.717, 1.165) is 11.3 Å². The van der Waals surface area contributed by atoms with E-state index in [9.17, 15) is 18.0 Å². The predicted molar refractivity (Wildman–Crippen MR) is 135 cm³/mol. The standard InChI is InChI=1S/C26H27ClF3N3O3S/c1-2-35-24(34)22-17(15-33(31-22)20-8-6-4-3-5-7-19(20)28)14-32-11-9-25(10-12-32)23-18(13-21(27)37-23)26(29,30)16-36-25/h3-5,7,13,15H,2,6,8-12,14,16H2,1H3/b4-3-,7-5-,20-19-. The lowest BCUT2D eigenvalue weighted by molar-refractivity contribution is -0.182. The van der Waals surface area contributed by atoms with Crippen LogP contribution in [0.15, 0.2) is 42.4 Å². The van der Waals surface area contributed by atoms with E-state index in [0.29, 0.717) is 65.8 Å². The number of fused-ring (bicyclic) bond motifs is 2. The fourth-order valence-corrected chi connectivity index (χ4v) is 6.52. The van der Waals surface area contributed by atoms with Gasteiger partial charge in [-0.15, -0.1) is 11.3 Å². The maximum Gasteiger partial charge on any atom is 0.359 e. The average molecular weight is 554 g/mol. The van der Waals surface area contributed by atoms with Gasteiger partial charge in [-0.2, -0.15) is 13.9 Å².